The van der Waals surface area contributed by atoms with Crippen molar-refractivity contribution >= 4 is 16.8 Å². The summed E-state index contributed by atoms with van der Waals surface area (Å²) < 4.78 is 5.34. The maximum atomic E-state index is 12.4. The summed E-state index contributed by atoms with van der Waals surface area (Å²) in [5.41, 5.74) is 2.17. The predicted octanol–water partition coefficient (Wildman–Crippen LogP) is 2.35. The molecule has 1 aromatic carbocycles. The molecule has 1 saturated heterocycles. The molecule has 1 aromatic heterocycles. The van der Waals surface area contributed by atoms with Crippen LogP contribution in [0.15, 0.2) is 30.5 Å². The second-order valence-corrected chi connectivity index (χ2v) is 5.35. The topological polar surface area (TPSA) is 45.3 Å². The highest BCUT2D eigenvalue weighted by molar-refractivity contribution is 5.88. The van der Waals surface area contributed by atoms with E-state index in [1.807, 2.05) is 29.3 Å². The number of ether oxygens (including phenoxy) is 1. The van der Waals surface area contributed by atoms with E-state index in [0.29, 0.717) is 12.5 Å². The number of aromatic nitrogens is 1. The van der Waals surface area contributed by atoms with Crippen molar-refractivity contribution < 1.29 is 9.53 Å². The van der Waals surface area contributed by atoms with Gasteiger partial charge in [-0.05, 0) is 24.5 Å². The number of para-hydroxylation sites is 1. The largest absolute Gasteiger partial charge is 0.381 e. The Morgan fingerprint density at radius 1 is 1.35 bits per heavy atom. The lowest BCUT2D eigenvalue weighted by molar-refractivity contribution is -0.132. The van der Waals surface area contributed by atoms with Crippen molar-refractivity contribution in [1.82, 2.24) is 9.88 Å². The second kappa shape index (κ2) is 5.67. The molecule has 106 valence electrons. The molecule has 4 heteroatoms. The summed E-state index contributed by atoms with van der Waals surface area (Å²) in [6, 6.07) is 8.10. The van der Waals surface area contributed by atoms with Crippen LogP contribution >= 0.6 is 0 Å². The number of carbonyl (C=O) groups excluding carboxylic acids is 1. The number of likely N-dealkylation sites (tertiary alicyclic amines) is 1. The van der Waals surface area contributed by atoms with Crippen molar-refractivity contribution in [2.75, 3.05) is 20.2 Å². The third kappa shape index (κ3) is 2.56. The van der Waals surface area contributed by atoms with Gasteiger partial charge in [-0.3, -0.25) is 4.79 Å². The fourth-order valence-electron chi connectivity index (χ4n) is 2.89. The molecule has 2 aromatic rings. The minimum atomic E-state index is 0.212. The average molecular weight is 272 g/mol. The summed E-state index contributed by atoms with van der Waals surface area (Å²) in [7, 11) is 1.74. The quantitative estimate of drug-likeness (QED) is 0.932. The standard InChI is InChI=1S/C16H20N2O2/c1-20-13-6-8-18(9-7-13)16(19)10-12-11-17-15-5-3-2-4-14(12)15/h2-5,11,13,17H,6-10H2,1H3. The van der Waals surface area contributed by atoms with Gasteiger partial charge in [0.15, 0.2) is 0 Å². The first-order valence-corrected chi connectivity index (χ1v) is 7.13. The summed E-state index contributed by atoms with van der Waals surface area (Å²) in [4.78, 5) is 17.6. The number of aromatic amines is 1. The smallest absolute Gasteiger partial charge is 0.227 e. The van der Waals surface area contributed by atoms with Crippen LogP contribution in [-0.4, -0.2) is 42.1 Å². The molecule has 3 rings (SSSR count). The number of carbonyl (C=O) groups is 1. The second-order valence-electron chi connectivity index (χ2n) is 5.35. The highest BCUT2D eigenvalue weighted by Crippen LogP contribution is 2.20. The number of fused-ring (bicyclic) bond motifs is 1. The summed E-state index contributed by atoms with van der Waals surface area (Å²) in [5, 5.41) is 1.15. The first-order chi connectivity index (χ1) is 9.78. The van der Waals surface area contributed by atoms with Gasteiger partial charge in [-0.1, -0.05) is 18.2 Å². The molecular formula is C16H20N2O2. The Labute approximate surface area is 118 Å². The van der Waals surface area contributed by atoms with Gasteiger partial charge in [0.05, 0.1) is 12.5 Å². The maximum absolute atomic E-state index is 12.4. The summed E-state index contributed by atoms with van der Waals surface area (Å²) in [5.74, 6) is 0.212. The third-order valence-corrected chi connectivity index (χ3v) is 4.14. The number of piperidine rings is 1. The lowest BCUT2D eigenvalue weighted by Gasteiger charge is -2.31. The number of benzene rings is 1. The van der Waals surface area contributed by atoms with E-state index < -0.39 is 0 Å². The van der Waals surface area contributed by atoms with Crippen LogP contribution in [0.4, 0.5) is 0 Å². The Balaban J connectivity index is 1.67. The zero-order valence-electron chi connectivity index (χ0n) is 11.8. The predicted molar refractivity (Wildman–Crippen MR) is 78.6 cm³/mol. The molecule has 1 fully saturated rings. The van der Waals surface area contributed by atoms with Crippen LogP contribution in [0.2, 0.25) is 0 Å². The molecule has 1 aliphatic rings. The Kier molecular flexibility index (Phi) is 3.74. The van der Waals surface area contributed by atoms with E-state index in [1.165, 1.54) is 0 Å². The van der Waals surface area contributed by atoms with Crippen LogP contribution in [0.25, 0.3) is 10.9 Å². The van der Waals surface area contributed by atoms with Crippen LogP contribution in [0.1, 0.15) is 18.4 Å². The van der Waals surface area contributed by atoms with Gasteiger partial charge < -0.3 is 14.6 Å². The molecule has 2 heterocycles. The Bertz CT molecular complexity index is 597. The van der Waals surface area contributed by atoms with Crippen molar-refractivity contribution in [3.05, 3.63) is 36.0 Å². The molecule has 4 nitrogen and oxygen atoms in total. The Morgan fingerprint density at radius 3 is 2.85 bits per heavy atom. The Morgan fingerprint density at radius 2 is 2.10 bits per heavy atom. The van der Waals surface area contributed by atoms with Gasteiger partial charge in [-0.15, -0.1) is 0 Å². The average Bonchev–Trinajstić information content (AvgIpc) is 2.91. The van der Waals surface area contributed by atoms with Crippen LogP contribution in [0.3, 0.4) is 0 Å². The number of nitrogens with one attached hydrogen (secondary N) is 1. The van der Waals surface area contributed by atoms with E-state index in [-0.39, 0.29) is 5.91 Å². The molecule has 1 N–H and O–H groups in total. The van der Waals surface area contributed by atoms with E-state index in [4.69, 9.17) is 4.74 Å². The molecule has 1 amide bonds. The zero-order valence-corrected chi connectivity index (χ0v) is 11.8. The van der Waals surface area contributed by atoms with Crippen molar-refractivity contribution in [2.45, 2.75) is 25.4 Å². The van der Waals surface area contributed by atoms with E-state index in [1.54, 1.807) is 7.11 Å². The molecule has 0 unspecified atom stereocenters. The SMILES string of the molecule is COC1CCN(C(=O)Cc2c[nH]c3ccccc23)CC1. The molecule has 0 bridgehead atoms. The fraction of sp³-hybridized carbons (Fsp3) is 0.438. The minimum absolute atomic E-state index is 0.212. The van der Waals surface area contributed by atoms with Crippen molar-refractivity contribution in [3.63, 3.8) is 0 Å². The van der Waals surface area contributed by atoms with E-state index >= 15 is 0 Å². The van der Waals surface area contributed by atoms with Gasteiger partial charge in [0, 0.05) is 37.3 Å². The lowest BCUT2D eigenvalue weighted by Crippen LogP contribution is -2.41. The third-order valence-electron chi connectivity index (χ3n) is 4.14. The van der Waals surface area contributed by atoms with Gasteiger partial charge in [-0.2, -0.15) is 0 Å². The summed E-state index contributed by atoms with van der Waals surface area (Å²) in [6.07, 6.45) is 4.62. The lowest BCUT2D eigenvalue weighted by atomic mass is 10.1. The summed E-state index contributed by atoms with van der Waals surface area (Å²) in [6.45, 7) is 1.61. The number of methoxy groups -OCH3 is 1. The number of hydrogen-bond donors (Lipinski definition) is 1. The van der Waals surface area contributed by atoms with Crippen molar-refractivity contribution in [3.8, 4) is 0 Å². The molecule has 20 heavy (non-hydrogen) atoms. The summed E-state index contributed by atoms with van der Waals surface area (Å²) >= 11 is 0. The highest BCUT2D eigenvalue weighted by atomic mass is 16.5. The number of amides is 1. The fourth-order valence-corrected chi connectivity index (χ4v) is 2.89. The van der Waals surface area contributed by atoms with Crippen LogP contribution < -0.4 is 0 Å². The number of H-pyrrole nitrogens is 1. The minimum Gasteiger partial charge on any atom is -0.381 e. The van der Waals surface area contributed by atoms with Gasteiger partial charge in [-0.25, -0.2) is 0 Å². The molecule has 1 aliphatic heterocycles. The number of rotatable bonds is 3. The monoisotopic (exact) mass is 272 g/mol. The molecule has 0 spiro atoms. The van der Waals surface area contributed by atoms with E-state index in [9.17, 15) is 4.79 Å². The normalized spacial score (nSPS) is 16.8. The highest BCUT2D eigenvalue weighted by Gasteiger charge is 2.22. The number of hydrogen-bond acceptors (Lipinski definition) is 2. The number of nitrogens with zero attached hydrogens (tertiary/aromatic N) is 1. The van der Waals surface area contributed by atoms with Crippen molar-refractivity contribution in [2.24, 2.45) is 0 Å². The molecular weight excluding hydrogens is 252 g/mol. The van der Waals surface area contributed by atoms with Crippen LogP contribution in [0, 0.1) is 0 Å². The first kappa shape index (κ1) is 13.2. The molecule has 0 atom stereocenters. The molecule has 0 aliphatic carbocycles. The van der Waals surface area contributed by atoms with Gasteiger partial charge in [0.1, 0.15) is 0 Å². The maximum Gasteiger partial charge on any atom is 0.227 e. The van der Waals surface area contributed by atoms with Gasteiger partial charge in [0.2, 0.25) is 5.91 Å². The first-order valence-electron chi connectivity index (χ1n) is 7.13. The van der Waals surface area contributed by atoms with Crippen LogP contribution in [-0.2, 0) is 16.0 Å². The van der Waals surface area contributed by atoms with Crippen molar-refractivity contribution in [1.29, 1.82) is 0 Å². The van der Waals surface area contributed by atoms with Gasteiger partial charge in [0.25, 0.3) is 0 Å². The van der Waals surface area contributed by atoms with E-state index in [2.05, 4.69) is 11.1 Å². The van der Waals surface area contributed by atoms with Crippen LogP contribution in [0.5, 0.6) is 0 Å². The van der Waals surface area contributed by atoms with E-state index in [0.717, 1.165) is 42.4 Å². The Hall–Kier alpha value is -1.81. The zero-order chi connectivity index (χ0) is 13.9. The van der Waals surface area contributed by atoms with Gasteiger partial charge >= 0.3 is 0 Å². The molecule has 0 saturated carbocycles. The molecule has 0 radical (unpaired) electrons.